The number of nitrogens with zero attached hydrogens (tertiary/aromatic N) is 2. The predicted octanol–water partition coefficient (Wildman–Crippen LogP) is 3.23. The number of methoxy groups -OCH3 is 1. The van der Waals surface area contributed by atoms with Crippen molar-refractivity contribution < 1.29 is 39.0 Å². The number of hydrogen-bond donors (Lipinski definition) is 5. The first-order valence-electron chi connectivity index (χ1n) is 11.1. The maximum absolute atomic E-state index is 12.9. The summed E-state index contributed by atoms with van der Waals surface area (Å²) in [6.45, 7) is 0. The number of carboxylic acid groups (broad SMARTS) is 2. The Morgan fingerprint density at radius 2 is 1.52 bits per heavy atom. The van der Waals surface area contributed by atoms with E-state index < -0.39 is 23.8 Å². The Morgan fingerprint density at radius 1 is 0.900 bits per heavy atom. The fourth-order valence-corrected chi connectivity index (χ4v) is 2.97. The minimum atomic E-state index is -1.26. The van der Waals surface area contributed by atoms with E-state index in [1.165, 1.54) is 26.5 Å². The number of amidine groups is 1. The number of carbonyl (C=O) groups excluding carboxylic acids is 2. The Morgan fingerprint density at radius 3 is 2.05 bits per heavy atom. The van der Waals surface area contributed by atoms with Crippen LogP contribution in [0.4, 0.5) is 11.5 Å². The fourth-order valence-electron chi connectivity index (χ4n) is 2.86. The summed E-state index contributed by atoms with van der Waals surface area (Å²) in [4.78, 5) is 53.4. The molecular weight excluding hydrogens is 546 g/mol. The molecule has 208 valence electrons. The third kappa shape index (κ3) is 9.79. The molecule has 0 fully saturated rings. The van der Waals surface area contributed by atoms with Gasteiger partial charge >= 0.3 is 11.9 Å². The summed E-state index contributed by atoms with van der Waals surface area (Å²) in [5.74, 6) is -2.46. The topological polar surface area (TPSA) is 203 Å². The van der Waals surface area contributed by atoms with Gasteiger partial charge in [-0.1, -0.05) is 28.9 Å². The number of anilines is 2. The number of rotatable bonds is 9. The lowest BCUT2D eigenvalue weighted by Gasteiger charge is -2.13. The molecule has 1 aromatic heterocycles. The minimum absolute atomic E-state index is 0.185. The summed E-state index contributed by atoms with van der Waals surface area (Å²) in [7, 11) is 2.87. The molecule has 3 rings (SSSR count). The number of nitrogens with two attached hydrogens (primary N) is 1. The number of aromatic nitrogens is 1. The molecule has 40 heavy (non-hydrogen) atoms. The van der Waals surface area contributed by atoms with Crippen LogP contribution in [0.3, 0.4) is 0 Å². The van der Waals surface area contributed by atoms with Crippen LogP contribution in [0.15, 0.2) is 78.1 Å². The standard InChI is InChI=1S/C22H20ClN5O4.C4H4O4/c1-31-16-8-9-18(17(11-16)22(30)27-19-10-7-15(23)12-25-19)26-21(29)14-5-3-13(4-6-14)20(24)28-32-2;5-3(6)1-2-4(7)8/h3-12H,1-2H3,(H2,24,28)(H,26,29)(H,25,27,30);1-2H,(H,5,6)(H,7,8)/b;2-1-. The van der Waals surface area contributed by atoms with E-state index in [2.05, 4.69) is 25.6 Å². The highest BCUT2D eigenvalue weighted by Gasteiger charge is 2.17. The third-order valence-electron chi connectivity index (χ3n) is 4.69. The van der Waals surface area contributed by atoms with Gasteiger partial charge in [-0.05, 0) is 42.5 Å². The lowest BCUT2D eigenvalue weighted by Crippen LogP contribution is -2.19. The molecule has 3 aromatic rings. The molecule has 2 aromatic carbocycles. The smallest absolute Gasteiger partial charge is 0.328 e. The largest absolute Gasteiger partial charge is 0.497 e. The van der Waals surface area contributed by atoms with Gasteiger partial charge in [0.25, 0.3) is 11.8 Å². The zero-order valence-corrected chi connectivity index (χ0v) is 21.9. The number of amides is 2. The van der Waals surface area contributed by atoms with Crippen LogP contribution in [0.5, 0.6) is 5.75 Å². The van der Waals surface area contributed by atoms with Crippen LogP contribution in [0.2, 0.25) is 5.02 Å². The van der Waals surface area contributed by atoms with E-state index >= 15 is 0 Å². The Hall–Kier alpha value is -5.43. The first-order chi connectivity index (χ1) is 19.0. The summed E-state index contributed by atoms with van der Waals surface area (Å²) >= 11 is 5.83. The molecule has 13 nitrogen and oxygen atoms in total. The normalized spacial score (nSPS) is 10.6. The van der Waals surface area contributed by atoms with E-state index in [4.69, 9.17) is 32.3 Å². The zero-order chi connectivity index (χ0) is 29.7. The number of nitrogens with one attached hydrogen (secondary N) is 2. The minimum Gasteiger partial charge on any atom is -0.497 e. The molecule has 0 atom stereocenters. The molecule has 0 unspecified atom stereocenters. The lowest BCUT2D eigenvalue weighted by atomic mass is 10.1. The molecule has 0 bridgehead atoms. The van der Waals surface area contributed by atoms with Crippen molar-refractivity contribution in [2.24, 2.45) is 10.9 Å². The molecule has 6 N–H and O–H groups in total. The van der Waals surface area contributed by atoms with E-state index in [0.29, 0.717) is 45.6 Å². The average molecular weight is 570 g/mol. The van der Waals surface area contributed by atoms with Crippen LogP contribution in [0.25, 0.3) is 0 Å². The molecular formula is C26H24ClN5O8. The van der Waals surface area contributed by atoms with Crippen molar-refractivity contribution in [1.82, 2.24) is 4.98 Å². The molecule has 0 saturated heterocycles. The molecule has 14 heteroatoms. The first kappa shape index (κ1) is 30.8. The van der Waals surface area contributed by atoms with Gasteiger partial charge in [0.15, 0.2) is 5.84 Å². The van der Waals surface area contributed by atoms with E-state index in [0.717, 1.165) is 0 Å². The van der Waals surface area contributed by atoms with E-state index in [-0.39, 0.29) is 11.4 Å². The molecule has 2 amide bonds. The molecule has 0 aliphatic rings. The van der Waals surface area contributed by atoms with Crippen LogP contribution in [0.1, 0.15) is 26.3 Å². The molecule has 0 radical (unpaired) electrons. The van der Waals surface area contributed by atoms with Gasteiger partial charge in [-0.15, -0.1) is 0 Å². The molecule has 0 saturated carbocycles. The summed E-state index contributed by atoms with van der Waals surface area (Å²) < 4.78 is 5.21. The van der Waals surface area contributed by atoms with Crippen molar-refractivity contribution in [2.75, 3.05) is 24.9 Å². The highest BCUT2D eigenvalue weighted by atomic mass is 35.5. The van der Waals surface area contributed by atoms with Gasteiger partial charge in [0.05, 0.1) is 23.4 Å². The second-order valence-corrected chi connectivity index (χ2v) is 7.86. The number of hydrogen-bond acceptors (Lipinski definition) is 8. The van der Waals surface area contributed by atoms with Crippen LogP contribution in [-0.2, 0) is 14.4 Å². The SMILES string of the molecule is CON=C(N)c1ccc(C(=O)Nc2ccc(OC)cc2C(=O)Nc2ccc(Cl)cn2)cc1.O=C(O)/C=C\C(=O)O. The number of carboxylic acids is 2. The number of carbonyl (C=O) groups is 4. The van der Waals surface area contributed by atoms with E-state index in [1.54, 1.807) is 48.5 Å². The number of oxime groups is 1. The van der Waals surface area contributed by atoms with Gasteiger partial charge in [0, 0.05) is 29.5 Å². The monoisotopic (exact) mass is 569 g/mol. The summed E-state index contributed by atoms with van der Waals surface area (Å²) in [6, 6.07) is 14.4. The average Bonchev–Trinajstić information content (AvgIpc) is 2.94. The van der Waals surface area contributed by atoms with Gasteiger partial charge < -0.3 is 36.2 Å². The quantitative estimate of drug-likeness (QED) is 0.110. The van der Waals surface area contributed by atoms with Crippen molar-refractivity contribution in [3.05, 3.63) is 94.7 Å². The van der Waals surface area contributed by atoms with Crippen LogP contribution >= 0.6 is 11.6 Å². The van der Waals surface area contributed by atoms with Crippen molar-refractivity contribution in [3.63, 3.8) is 0 Å². The number of aliphatic carboxylic acids is 2. The molecule has 0 aliphatic heterocycles. The highest BCUT2D eigenvalue weighted by Crippen LogP contribution is 2.24. The zero-order valence-electron chi connectivity index (χ0n) is 21.1. The van der Waals surface area contributed by atoms with Crippen molar-refractivity contribution in [1.29, 1.82) is 0 Å². The first-order valence-corrected chi connectivity index (χ1v) is 11.4. The summed E-state index contributed by atoms with van der Waals surface area (Å²) in [5, 5.41) is 25.1. The fraction of sp³-hybridized carbons (Fsp3) is 0.0769. The Balaban J connectivity index is 0.000000611. The van der Waals surface area contributed by atoms with Gasteiger partial charge in [0.2, 0.25) is 0 Å². The summed E-state index contributed by atoms with van der Waals surface area (Å²) in [5.41, 5.74) is 7.22. The molecule has 0 spiro atoms. The Kier molecular flexibility index (Phi) is 11.6. The van der Waals surface area contributed by atoms with Gasteiger partial charge in [-0.3, -0.25) is 9.59 Å². The van der Waals surface area contributed by atoms with Crippen LogP contribution < -0.4 is 21.1 Å². The van der Waals surface area contributed by atoms with Crippen molar-refractivity contribution in [3.8, 4) is 5.75 Å². The van der Waals surface area contributed by atoms with Gasteiger partial charge in [-0.25, -0.2) is 14.6 Å². The maximum Gasteiger partial charge on any atom is 0.328 e. The lowest BCUT2D eigenvalue weighted by molar-refractivity contribution is -0.134. The van der Waals surface area contributed by atoms with Crippen molar-refractivity contribution >= 4 is 52.7 Å². The highest BCUT2D eigenvalue weighted by molar-refractivity contribution is 6.30. The summed E-state index contributed by atoms with van der Waals surface area (Å²) in [6.07, 6.45) is 2.53. The second-order valence-electron chi connectivity index (χ2n) is 7.43. The molecule has 1 heterocycles. The number of pyridine rings is 1. The van der Waals surface area contributed by atoms with E-state index in [1.807, 2.05) is 0 Å². The van der Waals surface area contributed by atoms with Crippen LogP contribution in [-0.4, -0.2) is 59.0 Å². The molecule has 0 aliphatic carbocycles. The number of benzene rings is 2. The van der Waals surface area contributed by atoms with Crippen LogP contribution in [0, 0.1) is 0 Å². The van der Waals surface area contributed by atoms with Crippen molar-refractivity contribution in [2.45, 2.75) is 0 Å². The Labute approximate surface area is 232 Å². The third-order valence-corrected chi connectivity index (χ3v) is 4.91. The van der Waals surface area contributed by atoms with Gasteiger partial charge in [-0.2, -0.15) is 0 Å². The predicted molar refractivity (Wildman–Crippen MR) is 147 cm³/mol. The number of ether oxygens (including phenoxy) is 1. The maximum atomic E-state index is 12.9. The van der Waals surface area contributed by atoms with E-state index in [9.17, 15) is 19.2 Å². The second kappa shape index (κ2) is 15.1. The number of halogens is 1. The van der Waals surface area contributed by atoms with Gasteiger partial charge in [0.1, 0.15) is 18.7 Å². The Bertz CT molecular complexity index is 1410.